The Hall–Kier alpha value is -2.01. The quantitative estimate of drug-likeness (QED) is 0.357. The monoisotopic (exact) mass is 396 g/mol. The fraction of sp³-hybridized carbons (Fsp3) is 0.786. The fourth-order valence-electron chi connectivity index (χ4n) is 1.66. The molecule has 0 aliphatic rings. The molecule has 0 radical (unpaired) electrons. The molecule has 0 spiro atoms. The minimum absolute atomic E-state index is 0.0351. The van der Waals surface area contributed by atoms with E-state index in [1.165, 1.54) is 20.8 Å². The zero-order valence-electron chi connectivity index (χ0n) is 14.1. The van der Waals surface area contributed by atoms with Crippen LogP contribution in [0, 0.1) is 5.41 Å². The van der Waals surface area contributed by atoms with Gasteiger partial charge >= 0.3 is 30.3 Å². The second-order valence-corrected chi connectivity index (χ2v) is 5.43. The van der Waals surface area contributed by atoms with Crippen molar-refractivity contribution in [2.24, 2.45) is 5.41 Å². The number of halogens is 6. The first kappa shape index (κ1) is 24.0. The third-order valence-corrected chi connectivity index (χ3v) is 3.28. The molecule has 0 bridgehead atoms. The molecule has 1 unspecified atom stereocenters. The van der Waals surface area contributed by atoms with Crippen LogP contribution in [0.4, 0.5) is 26.3 Å². The van der Waals surface area contributed by atoms with Crippen LogP contribution in [0.3, 0.4) is 0 Å². The van der Waals surface area contributed by atoms with Crippen LogP contribution in [0.25, 0.3) is 0 Å². The van der Waals surface area contributed by atoms with Gasteiger partial charge in [-0.3, -0.25) is 9.59 Å². The Kier molecular flexibility index (Phi) is 8.38. The van der Waals surface area contributed by atoms with Gasteiger partial charge in [-0.2, -0.15) is 26.3 Å². The molecule has 0 aromatic rings. The Labute approximate surface area is 144 Å². The lowest BCUT2D eigenvalue weighted by Gasteiger charge is -2.25. The average Bonchev–Trinajstić information content (AvgIpc) is 2.47. The number of ether oxygens (including phenoxy) is 3. The van der Waals surface area contributed by atoms with Gasteiger partial charge in [-0.25, -0.2) is 4.79 Å². The van der Waals surface area contributed by atoms with Gasteiger partial charge in [0.05, 0.1) is 18.4 Å². The van der Waals surface area contributed by atoms with E-state index in [2.05, 4.69) is 14.2 Å². The van der Waals surface area contributed by atoms with Crippen molar-refractivity contribution in [3.63, 3.8) is 0 Å². The lowest BCUT2D eigenvalue weighted by atomic mass is 9.84. The highest BCUT2D eigenvalue weighted by Crippen LogP contribution is 2.35. The molecule has 0 saturated heterocycles. The van der Waals surface area contributed by atoms with Gasteiger partial charge < -0.3 is 14.2 Å². The van der Waals surface area contributed by atoms with E-state index < -0.39 is 54.8 Å². The molecule has 0 aliphatic heterocycles. The van der Waals surface area contributed by atoms with Crippen LogP contribution in [-0.4, -0.2) is 49.6 Å². The third-order valence-electron chi connectivity index (χ3n) is 3.28. The molecule has 152 valence electrons. The van der Waals surface area contributed by atoms with Gasteiger partial charge in [-0.1, -0.05) is 6.92 Å². The molecule has 0 rings (SSSR count). The molecule has 0 aromatic carbocycles. The normalized spacial score (nSPS) is 14.5. The van der Waals surface area contributed by atoms with Gasteiger partial charge in [0.25, 0.3) is 6.10 Å². The van der Waals surface area contributed by atoms with Crippen molar-refractivity contribution in [1.82, 2.24) is 0 Å². The molecule has 6 nitrogen and oxygen atoms in total. The summed E-state index contributed by atoms with van der Waals surface area (Å²) in [5.41, 5.74) is -1.47. The van der Waals surface area contributed by atoms with Crippen LogP contribution in [0.15, 0.2) is 0 Å². The zero-order valence-corrected chi connectivity index (χ0v) is 14.1. The molecular formula is C14H18F6O6. The number of hydrogen-bond donors (Lipinski definition) is 0. The van der Waals surface area contributed by atoms with Crippen molar-refractivity contribution in [2.75, 3.05) is 13.2 Å². The molecule has 12 heteroatoms. The topological polar surface area (TPSA) is 78.9 Å². The summed E-state index contributed by atoms with van der Waals surface area (Å²) in [6, 6.07) is 0. The highest BCUT2D eigenvalue weighted by Gasteiger charge is 2.60. The molecule has 0 amide bonds. The van der Waals surface area contributed by atoms with Gasteiger partial charge in [0.15, 0.2) is 6.61 Å². The molecule has 0 fully saturated rings. The Morgan fingerprint density at radius 2 is 1.38 bits per heavy atom. The second-order valence-electron chi connectivity index (χ2n) is 5.43. The first-order chi connectivity index (χ1) is 11.7. The van der Waals surface area contributed by atoms with Crippen LogP contribution < -0.4 is 0 Å². The Bertz CT molecular complexity index is 501. The van der Waals surface area contributed by atoms with Crippen LogP contribution in [0.1, 0.15) is 33.6 Å². The smallest absolute Gasteiger partial charge is 0.434 e. The maximum atomic E-state index is 12.3. The molecular weight excluding hydrogens is 378 g/mol. The molecule has 26 heavy (non-hydrogen) atoms. The van der Waals surface area contributed by atoms with Gasteiger partial charge in [0.2, 0.25) is 0 Å². The molecule has 0 heterocycles. The van der Waals surface area contributed by atoms with Crippen molar-refractivity contribution in [3.05, 3.63) is 0 Å². The van der Waals surface area contributed by atoms with E-state index in [1.54, 1.807) is 0 Å². The van der Waals surface area contributed by atoms with Gasteiger partial charge in [-0.05, 0) is 20.3 Å². The summed E-state index contributed by atoms with van der Waals surface area (Å²) >= 11 is 0. The minimum Gasteiger partial charge on any atom is -0.466 e. The lowest BCUT2D eigenvalue weighted by molar-refractivity contribution is -0.313. The second kappa shape index (κ2) is 9.08. The Balaban J connectivity index is 4.87. The van der Waals surface area contributed by atoms with E-state index in [4.69, 9.17) is 0 Å². The van der Waals surface area contributed by atoms with Gasteiger partial charge in [0.1, 0.15) is 0 Å². The van der Waals surface area contributed by atoms with Crippen molar-refractivity contribution < 1.29 is 54.9 Å². The Morgan fingerprint density at radius 3 is 1.77 bits per heavy atom. The SMILES string of the molecule is CCOC(=O)CC(C)(CC)C(=O)OCC(=O)OC(C(F)(F)F)C(F)(F)F. The van der Waals surface area contributed by atoms with Crippen molar-refractivity contribution >= 4 is 17.9 Å². The third kappa shape index (κ3) is 7.48. The summed E-state index contributed by atoms with van der Waals surface area (Å²) in [6.07, 6.45) is -16.5. The van der Waals surface area contributed by atoms with E-state index in [0.717, 1.165) is 0 Å². The van der Waals surface area contributed by atoms with Gasteiger partial charge in [-0.15, -0.1) is 0 Å². The molecule has 0 aliphatic carbocycles. The van der Waals surface area contributed by atoms with Gasteiger partial charge in [0, 0.05) is 0 Å². The first-order valence-corrected chi connectivity index (χ1v) is 7.33. The molecule has 0 saturated carbocycles. The van der Waals surface area contributed by atoms with E-state index in [9.17, 15) is 40.7 Å². The highest BCUT2D eigenvalue weighted by atomic mass is 19.4. The summed E-state index contributed by atoms with van der Waals surface area (Å²) in [4.78, 5) is 34.6. The Morgan fingerprint density at radius 1 is 0.885 bits per heavy atom. The largest absolute Gasteiger partial charge is 0.466 e. The van der Waals surface area contributed by atoms with E-state index in [1.807, 2.05) is 0 Å². The standard InChI is InChI=1S/C14H18F6O6/c1-4-12(3,6-8(21)24-5-2)11(23)25-7-9(22)26-10(13(15,16)17)14(18,19)20/h10H,4-7H2,1-3H3. The summed E-state index contributed by atoms with van der Waals surface area (Å²) in [5, 5.41) is 0. The van der Waals surface area contributed by atoms with Crippen LogP contribution >= 0.6 is 0 Å². The molecule has 1 atom stereocenters. The van der Waals surface area contributed by atoms with E-state index >= 15 is 0 Å². The number of alkyl halides is 6. The van der Waals surface area contributed by atoms with E-state index in [0.29, 0.717) is 0 Å². The maximum Gasteiger partial charge on any atom is 0.434 e. The minimum atomic E-state index is -5.88. The number of carbonyl (C=O) groups is 3. The summed E-state index contributed by atoms with van der Waals surface area (Å²) in [6.45, 7) is 2.84. The number of hydrogen-bond acceptors (Lipinski definition) is 6. The summed E-state index contributed by atoms with van der Waals surface area (Å²) in [7, 11) is 0. The number of esters is 3. The fourth-order valence-corrected chi connectivity index (χ4v) is 1.66. The van der Waals surface area contributed by atoms with Crippen LogP contribution in [0.2, 0.25) is 0 Å². The van der Waals surface area contributed by atoms with Crippen molar-refractivity contribution in [1.29, 1.82) is 0 Å². The first-order valence-electron chi connectivity index (χ1n) is 7.33. The van der Waals surface area contributed by atoms with E-state index in [-0.39, 0.29) is 13.0 Å². The maximum absolute atomic E-state index is 12.3. The lowest BCUT2D eigenvalue weighted by Crippen LogP contribution is -2.46. The molecule has 0 aromatic heterocycles. The highest BCUT2D eigenvalue weighted by molar-refractivity contribution is 5.84. The number of rotatable bonds is 8. The van der Waals surface area contributed by atoms with Crippen molar-refractivity contribution in [2.45, 2.75) is 52.1 Å². The predicted octanol–water partition coefficient (Wildman–Crippen LogP) is 2.94. The summed E-state index contributed by atoms with van der Waals surface area (Å²) < 4.78 is 86.1. The number of carbonyl (C=O) groups excluding carboxylic acids is 3. The van der Waals surface area contributed by atoms with Crippen LogP contribution in [0.5, 0.6) is 0 Å². The summed E-state index contributed by atoms with van der Waals surface area (Å²) in [5.74, 6) is -3.96. The average molecular weight is 396 g/mol. The van der Waals surface area contributed by atoms with Crippen molar-refractivity contribution in [3.8, 4) is 0 Å². The van der Waals surface area contributed by atoms with Crippen LogP contribution in [-0.2, 0) is 28.6 Å². The zero-order chi connectivity index (χ0) is 20.8. The predicted molar refractivity (Wildman–Crippen MR) is 72.6 cm³/mol. The molecule has 0 N–H and O–H groups in total.